The van der Waals surface area contributed by atoms with E-state index in [1.807, 2.05) is 48.5 Å². The second kappa shape index (κ2) is 13.8. The predicted molar refractivity (Wildman–Crippen MR) is 153 cm³/mol. The second-order valence-electron chi connectivity index (χ2n) is 10.5. The van der Waals surface area contributed by atoms with Crippen molar-refractivity contribution in [2.24, 2.45) is 11.8 Å². The molecular formula is C31H36Cl2N2O2. The fourth-order valence-electron chi connectivity index (χ4n) is 5.62. The van der Waals surface area contributed by atoms with Gasteiger partial charge in [0.05, 0.1) is 0 Å². The van der Waals surface area contributed by atoms with E-state index in [2.05, 4.69) is 10.6 Å². The number of amides is 2. The van der Waals surface area contributed by atoms with Crippen LogP contribution in [0.15, 0.2) is 60.7 Å². The van der Waals surface area contributed by atoms with E-state index in [1.165, 1.54) is 32.1 Å². The summed E-state index contributed by atoms with van der Waals surface area (Å²) >= 11 is 12.0. The highest BCUT2D eigenvalue weighted by molar-refractivity contribution is 6.31. The van der Waals surface area contributed by atoms with Crippen LogP contribution in [-0.4, -0.2) is 23.9 Å². The van der Waals surface area contributed by atoms with Gasteiger partial charge in [0, 0.05) is 34.3 Å². The molecule has 0 bridgehead atoms. The van der Waals surface area contributed by atoms with E-state index < -0.39 is 0 Å². The van der Waals surface area contributed by atoms with Gasteiger partial charge in [-0.15, -0.1) is 0 Å². The minimum atomic E-state index is -0.0359. The molecule has 4 nitrogen and oxygen atoms in total. The summed E-state index contributed by atoms with van der Waals surface area (Å²) in [6, 6.07) is 15.5. The van der Waals surface area contributed by atoms with Crippen LogP contribution < -0.4 is 10.6 Å². The first-order valence-electron chi connectivity index (χ1n) is 13.4. The number of nitrogens with one attached hydrogen (secondary N) is 2. The molecule has 37 heavy (non-hydrogen) atoms. The van der Waals surface area contributed by atoms with E-state index in [0.717, 1.165) is 48.6 Å². The van der Waals surface area contributed by atoms with Crippen LogP contribution >= 0.6 is 23.2 Å². The van der Waals surface area contributed by atoms with Crippen LogP contribution in [0.3, 0.4) is 0 Å². The number of hydrogen-bond donors (Lipinski definition) is 2. The Bertz CT molecular complexity index is 1030. The summed E-state index contributed by atoms with van der Waals surface area (Å²) in [7, 11) is 0. The third-order valence-corrected chi connectivity index (χ3v) is 8.07. The van der Waals surface area contributed by atoms with E-state index in [0.29, 0.717) is 10.0 Å². The van der Waals surface area contributed by atoms with Crippen LogP contribution in [-0.2, 0) is 9.59 Å². The van der Waals surface area contributed by atoms with E-state index in [1.54, 1.807) is 24.3 Å². The first-order chi connectivity index (χ1) is 17.9. The zero-order chi connectivity index (χ0) is 26.0. The molecule has 2 aliphatic rings. The lowest BCUT2D eigenvalue weighted by Gasteiger charge is -2.34. The molecule has 0 aromatic heterocycles. The Hall–Kier alpha value is -2.56. The molecule has 0 aliphatic heterocycles. The Balaban J connectivity index is 1.11. The lowest BCUT2D eigenvalue weighted by atomic mass is 9.75. The summed E-state index contributed by atoms with van der Waals surface area (Å²) in [5.41, 5.74) is 1.85. The molecular weight excluding hydrogens is 503 g/mol. The number of carbonyl (C=O) groups excluding carboxylic acids is 2. The van der Waals surface area contributed by atoms with Crippen molar-refractivity contribution in [3.05, 3.63) is 81.9 Å². The molecule has 0 unspecified atom stereocenters. The van der Waals surface area contributed by atoms with Gasteiger partial charge in [0.1, 0.15) is 0 Å². The summed E-state index contributed by atoms with van der Waals surface area (Å²) in [6.45, 7) is 0. The fourth-order valence-corrected chi connectivity index (χ4v) is 6.02. The maximum atomic E-state index is 12.3. The molecule has 0 heterocycles. The number of halogens is 2. The Morgan fingerprint density at radius 2 is 1.08 bits per heavy atom. The van der Waals surface area contributed by atoms with Gasteiger partial charge in [-0.2, -0.15) is 0 Å². The van der Waals surface area contributed by atoms with E-state index in [9.17, 15) is 9.59 Å². The fraction of sp³-hybridized carbons (Fsp3) is 0.419. The Morgan fingerprint density at radius 1 is 0.676 bits per heavy atom. The SMILES string of the molecule is O=C(/C=C/c1cccc(Cl)c1)NC1CCC(CC2CCC(NC(=O)/C=C/c3cccc(Cl)c3)CC2)CC1. The van der Waals surface area contributed by atoms with Gasteiger partial charge in [-0.1, -0.05) is 47.5 Å². The van der Waals surface area contributed by atoms with Crippen molar-refractivity contribution in [1.29, 1.82) is 0 Å². The topological polar surface area (TPSA) is 58.2 Å². The van der Waals surface area contributed by atoms with Crippen molar-refractivity contribution >= 4 is 47.2 Å². The highest BCUT2D eigenvalue weighted by Gasteiger charge is 2.27. The van der Waals surface area contributed by atoms with Crippen LogP contribution in [0.5, 0.6) is 0 Å². The second-order valence-corrected chi connectivity index (χ2v) is 11.3. The van der Waals surface area contributed by atoms with Gasteiger partial charge < -0.3 is 10.6 Å². The van der Waals surface area contributed by atoms with Crippen LogP contribution in [0.25, 0.3) is 12.2 Å². The summed E-state index contributed by atoms with van der Waals surface area (Å²) in [6.07, 6.45) is 17.0. The molecule has 6 heteroatoms. The average Bonchev–Trinajstić information content (AvgIpc) is 2.89. The smallest absolute Gasteiger partial charge is 0.244 e. The van der Waals surface area contributed by atoms with Crippen LogP contribution in [0.1, 0.15) is 68.9 Å². The quantitative estimate of drug-likeness (QED) is 0.342. The van der Waals surface area contributed by atoms with Crippen molar-refractivity contribution < 1.29 is 9.59 Å². The Morgan fingerprint density at radius 3 is 1.46 bits per heavy atom. The van der Waals surface area contributed by atoms with Crippen LogP contribution in [0.2, 0.25) is 10.0 Å². The molecule has 2 aliphatic carbocycles. The van der Waals surface area contributed by atoms with Gasteiger partial charge in [-0.3, -0.25) is 9.59 Å². The number of benzene rings is 2. The Kier molecular flexibility index (Phi) is 10.3. The molecule has 0 saturated heterocycles. The minimum absolute atomic E-state index is 0.0359. The molecule has 4 rings (SSSR count). The first-order valence-corrected chi connectivity index (χ1v) is 14.2. The Labute approximate surface area is 230 Å². The zero-order valence-electron chi connectivity index (χ0n) is 21.2. The standard InChI is InChI=1S/C31H36Cl2N2O2/c32-26-5-1-3-22(20-26)11-17-30(36)34-28-13-7-24(8-14-28)19-25-9-15-29(16-10-25)35-31(37)18-12-23-4-2-6-27(33)21-23/h1-6,11-12,17-18,20-21,24-25,28-29H,7-10,13-16,19H2,(H,34,36)(H,35,37)/b17-11+,18-12+. The van der Waals surface area contributed by atoms with Gasteiger partial charge in [-0.05, 0) is 117 Å². The number of carbonyl (C=O) groups is 2. The van der Waals surface area contributed by atoms with Crippen LogP contribution in [0, 0.1) is 11.8 Å². The molecule has 2 N–H and O–H groups in total. The molecule has 0 spiro atoms. The largest absolute Gasteiger partial charge is 0.350 e. The summed E-state index contributed by atoms with van der Waals surface area (Å²) in [5, 5.41) is 7.66. The van der Waals surface area contributed by atoms with Crippen molar-refractivity contribution in [1.82, 2.24) is 10.6 Å². The number of hydrogen-bond acceptors (Lipinski definition) is 2. The van der Waals surface area contributed by atoms with Gasteiger partial charge >= 0.3 is 0 Å². The number of rotatable bonds is 8. The van der Waals surface area contributed by atoms with Gasteiger partial charge in [0.15, 0.2) is 0 Å². The maximum absolute atomic E-state index is 12.3. The highest BCUT2D eigenvalue weighted by Crippen LogP contribution is 2.35. The van der Waals surface area contributed by atoms with Crippen molar-refractivity contribution in [2.45, 2.75) is 69.9 Å². The summed E-state index contributed by atoms with van der Waals surface area (Å²) in [5.74, 6) is 1.41. The van der Waals surface area contributed by atoms with E-state index >= 15 is 0 Å². The lowest BCUT2D eigenvalue weighted by Crippen LogP contribution is -2.38. The zero-order valence-corrected chi connectivity index (χ0v) is 22.7. The predicted octanol–water partition coefficient (Wildman–Crippen LogP) is 7.46. The molecule has 2 saturated carbocycles. The van der Waals surface area contributed by atoms with Crippen molar-refractivity contribution in [3.8, 4) is 0 Å². The van der Waals surface area contributed by atoms with Gasteiger partial charge in [-0.25, -0.2) is 0 Å². The summed E-state index contributed by atoms with van der Waals surface area (Å²) in [4.78, 5) is 24.7. The van der Waals surface area contributed by atoms with Crippen molar-refractivity contribution in [2.75, 3.05) is 0 Å². The molecule has 0 atom stereocenters. The third-order valence-electron chi connectivity index (χ3n) is 7.60. The monoisotopic (exact) mass is 538 g/mol. The average molecular weight is 540 g/mol. The maximum Gasteiger partial charge on any atom is 0.244 e. The van der Waals surface area contributed by atoms with E-state index in [-0.39, 0.29) is 23.9 Å². The van der Waals surface area contributed by atoms with Gasteiger partial charge in [0.25, 0.3) is 0 Å². The summed E-state index contributed by atoms with van der Waals surface area (Å²) < 4.78 is 0. The van der Waals surface area contributed by atoms with Crippen LogP contribution in [0.4, 0.5) is 0 Å². The lowest BCUT2D eigenvalue weighted by molar-refractivity contribution is -0.118. The molecule has 2 fully saturated rings. The normalized spacial score (nSPS) is 24.3. The molecule has 2 aromatic rings. The highest BCUT2D eigenvalue weighted by atomic mass is 35.5. The molecule has 196 valence electrons. The molecule has 2 amide bonds. The first kappa shape index (κ1) is 27.5. The van der Waals surface area contributed by atoms with Gasteiger partial charge in [0.2, 0.25) is 11.8 Å². The minimum Gasteiger partial charge on any atom is -0.350 e. The molecule has 0 radical (unpaired) electrons. The molecule has 2 aromatic carbocycles. The van der Waals surface area contributed by atoms with E-state index in [4.69, 9.17) is 23.2 Å². The van der Waals surface area contributed by atoms with Crippen molar-refractivity contribution in [3.63, 3.8) is 0 Å². The third kappa shape index (κ3) is 9.36.